The van der Waals surface area contributed by atoms with Gasteiger partial charge in [0.25, 0.3) is 0 Å². The average molecular weight is 416 g/mol. The summed E-state index contributed by atoms with van der Waals surface area (Å²) in [5.74, 6) is 2.59. The number of aromatic nitrogens is 3. The molecule has 0 bridgehead atoms. The Morgan fingerprint density at radius 3 is 2.37 bits per heavy atom. The quantitative estimate of drug-likeness (QED) is 0.341. The SMILES string of the molecule is COc1ccc(-c2nnc(SCc3cccc(C)c3)n2CCc2ccccc2)cc1. The lowest BCUT2D eigenvalue weighted by atomic mass is 10.1. The maximum absolute atomic E-state index is 5.30. The van der Waals surface area contributed by atoms with Crippen LogP contribution in [0.15, 0.2) is 84.0 Å². The Morgan fingerprint density at radius 1 is 0.867 bits per heavy atom. The van der Waals surface area contributed by atoms with E-state index >= 15 is 0 Å². The van der Waals surface area contributed by atoms with Crippen molar-refractivity contribution in [2.45, 2.75) is 30.8 Å². The second kappa shape index (κ2) is 9.63. The van der Waals surface area contributed by atoms with Crippen molar-refractivity contribution in [1.29, 1.82) is 0 Å². The first-order valence-corrected chi connectivity index (χ1v) is 11.0. The lowest BCUT2D eigenvalue weighted by Gasteiger charge is -2.11. The van der Waals surface area contributed by atoms with E-state index in [1.807, 2.05) is 30.3 Å². The Bertz CT molecular complexity index is 1090. The van der Waals surface area contributed by atoms with Crippen molar-refractivity contribution in [3.63, 3.8) is 0 Å². The van der Waals surface area contributed by atoms with Crippen LogP contribution in [-0.4, -0.2) is 21.9 Å². The van der Waals surface area contributed by atoms with Crippen molar-refractivity contribution < 1.29 is 4.74 Å². The predicted octanol–water partition coefficient (Wildman–Crippen LogP) is 5.80. The number of methoxy groups -OCH3 is 1. The number of ether oxygens (including phenoxy) is 1. The van der Waals surface area contributed by atoms with Gasteiger partial charge in [0.1, 0.15) is 5.75 Å². The van der Waals surface area contributed by atoms with E-state index in [0.29, 0.717) is 0 Å². The molecule has 4 rings (SSSR count). The highest BCUT2D eigenvalue weighted by Gasteiger charge is 2.15. The first-order valence-electron chi connectivity index (χ1n) is 10.0. The van der Waals surface area contributed by atoms with Gasteiger partial charge in [0.2, 0.25) is 0 Å². The third-order valence-corrected chi connectivity index (χ3v) is 6.02. The van der Waals surface area contributed by atoms with E-state index in [1.165, 1.54) is 16.7 Å². The van der Waals surface area contributed by atoms with Crippen LogP contribution in [0.4, 0.5) is 0 Å². The minimum Gasteiger partial charge on any atom is -0.497 e. The van der Waals surface area contributed by atoms with Gasteiger partial charge in [0.15, 0.2) is 11.0 Å². The van der Waals surface area contributed by atoms with Crippen LogP contribution in [0.2, 0.25) is 0 Å². The number of aryl methyl sites for hydroxylation is 2. The fourth-order valence-corrected chi connectivity index (χ4v) is 4.29. The van der Waals surface area contributed by atoms with E-state index in [2.05, 4.69) is 70.2 Å². The van der Waals surface area contributed by atoms with Gasteiger partial charge in [0.05, 0.1) is 7.11 Å². The lowest BCUT2D eigenvalue weighted by Crippen LogP contribution is -2.05. The van der Waals surface area contributed by atoms with E-state index in [1.54, 1.807) is 18.9 Å². The lowest BCUT2D eigenvalue weighted by molar-refractivity contribution is 0.415. The first-order chi connectivity index (χ1) is 14.7. The average Bonchev–Trinajstić information content (AvgIpc) is 3.20. The van der Waals surface area contributed by atoms with Crippen molar-refractivity contribution in [3.05, 3.63) is 95.6 Å². The second-order valence-corrected chi connectivity index (χ2v) is 8.14. The highest BCUT2D eigenvalue weighted by atomic mass is 32.2. The third kappa shape index (κ3) is 4.92. The number of nitrogens with zero attached hydrogens (tertiary/aromatic N) is 3. The first kappa shape index (κ1) is 20.2. The van der Waals surface area contributed by atoms with Gasteiger partial charge in [0, 0.05) is 17.9 Å². The molecule has 0 amide bonds. The molecule has 0 atom stereocenters. The minimum atomic E-state index is 0.828. The van der Waals surface area contributed by atoms with Gasteiger partial charge in [-0.1, -0.05) is 71.9 Å². The van der Waals surface area contributed by atoms with Crippen LogP contribution in [0.5, 0.6) is 5.75 Å². The molecular formula is C25H25N3OS. The fraction of sp³-hybridized carbons (Fsp3) is 0.200. The number of rotatable bonds is 8. The van der Waals surface area contributed by atoms with E-state index in [9.17, 15) is 0 Å². The number of hydrogen-bond acceptors (Lipinski definition) is 4. The molecule has 0 N–H and O–H groups in total. The molecule has 0 fully saturated rings. The highest BCUT2D eigenvalue weighted by molar-refractivity contribution is 7.98. The van der Waals surface area contributed by atoms with Crippen molar-refractivity contribution >= 4 is 11.8 Å². The van der Waals surface area contributed by atoms with Gasteiger partial charge in [-0.25, -0.2) is 0 Å². The molecule has 1 heterocycles. The molecule has 0 aliphatic rings. The molecule has 5 heteroatoms. The predicted molar refractivity (Wildman–Crippen MR) is 123 cm³/mol. The van der Waals surface area contributed by atoms with Crippen molar-refractivity contribution in [1.82, 2.24) is 14.8 Å². The number of benzene rings is 3. The zero-order valence-corrected chi connectivity index (χ0v) is 18.1. The zero-order valence-electron chi connectivity index (χ0n) is 17.3. The molecule has 1 aromatic heterocycles. The summed E-state index contributed by atoms with van der Waals surface area (Å²) in [5.41, 5.74) is 4.92. The molecule has 4 nitrogen and oxygen atoms in total. The van der Waals surface area contributed by atoms with Gasteiger partial charge < -0.3 is 9.30 Å². The molecule has 0 radical (unpaired) electrons. The van der Waals surface area contributed by atoms with Crippen LogP contribution < -0.4 is 4.74 Å². The van der Waals surface area contributed by atoms with Crippen molar-refractivity contribution in [2.75, 3.05) is 7.11 Å². The van der Waals surface area contributed by atoms with E-state index in [0.717, 1.165) is 41.0 Å². The van der Waals surface area contributed by atoms with Gasteiger partial charge in [-0.2, -0.15) is 0 Å². The molecule has 0 unspecified atom stereocenters. The summed E-state index contributed by atoms with van der Waals surface area (Å²) in [6.07, 6.45) is 0.931. The van der Waals surface area contributed by atoms with Crippen LogP contribution in [-0.2, 0) is 18.7 Å². The molecular weight excluding hydrogens is 390 g/mol. The van der Waals surface area contributed by atoms with E-state index < -0.39 is 0 Å². The smallest absolute Gasteiger partial charge is 0.191 e. The van der Waals surface area contributed by atoms with Crippen LogP contribution in [0, 0.1) is 6.92 Å². The summed E-state index contributed by atoms with van der Waals surface area (Å²) in [4.78, 5) is 0. The van der Waals surface area contributed by atoms with Crippen LogP contribution >= 0.6 is 11.8 Å². The summed E-state index contributed by atoms with van der Waals surface area (Å²) in [7, 11) is 1.68. The van der Waals surface area contributed by atoms with Gasteiger partial charge in [-0.3, -0.25) is 0 Å². The maximum Gasteiger partial charge on any atom is 0.191 e. The van der Waals surface area contributed by atoms with E-state index in [-0.39, 0.29) is 0 Å². The molecule has 0 saturated carbocycles. The second-order valence-electron chi connectivity index (χ2n) is 7.20. The Kier molecular flexibility index (Phi) is 6.50. The van der Waals surface area contributed by atoms with Crippen LogP contribution in [0.25, 0.3) is 11.4 Å². The Morgan fingerprint density at radius 2 is 1.63 bits per heavy atom. The monoisotopic (exact) mass is 415 g/mol. The topological polar surface area (TPSA) is 39.9 Å². The Hall–Kier alpha value is -3.05. The number of hydrogen-bond donors (Lipinski definition) is 0. The normalized spacial score (nSPS) is 10.9. The summed E-state index contributed by atoms with van der Waals surface area (Å²) in [6, 6.07) is 27.2. The molecule has 0 spiro atoms. The zero-order chi connectivity index (χ0) is 20.8. The Labute approximate surface area is 181 Å². The summed E-state index contributed by atoms with van der Waals surface area (Å²) in [6.45, 7) is 2.95. The maximum atomic E-state index is 5.30. The summed E-state index contributed by atoms with van der Waals surface area (Å²) >= 11 is 1.73. The molecule has 4 aromatic rings. The summed E-state index contributed by atoms with van der Waals surface area (Å²) in [5, 5.41) is 10.0. The highest BCUT2D eigenvalue weighted by Crippen LogP contribution is 2.28. The summed E-state index contributed by atoms with van der Waals surface area (Å²) < 4.78 is 7.53. The third-order valence-electron chi connectivity index (χ3n) is 4.98. The fourth-order valence-electron chi connectivity index (χ4n) is 3.39. The molecule has 152 valence electrons. The van der Waals surface area contributed by atoms with Crippen LogP contribution in [0.1, 0.15) is 16.7 Å². The van der Waals surface area contributed by atoms with E-state index in [4.69, 9.17) is 4.74 Å². The van der Waals surface area contributed by atoms with Gasteiger partial charge >= 0.3 is 0 Å². The van der Waals surface area contributed by atoms with Crippen LogP contribution in [0.3, 0.4) is 0 Å². The van der Waals surface area contributed by atoms with Crippen molar-refractivity contribution in [3.8, 4) is 17.1 Å². The van der Waals surface area contributed by atoms with Gasteiger partial charge in [-0.15, -0.1) is 10.2 Å². The number of thioether (sulfide) groups is 1. The molecule has 0 saturated heterocycles. The minimum absolute atomic E-state index is 0.828. The Balaban J connectivity index is 1.60. The van der Waals surface area contributed by atoms with Crippen molar-refractivity contribution in [2.24, 2.45) is 0 Å². The molecule has 0 aliphatic carbocycles. The standard InChI is InChI=1S/C25H25N3OS/c1-19-7-6-10-21(17-19)18-30-25-27-26-24(22-11-13-23(29-2)14-12-22)28(25)16-15-20-8-4-3-5-9-20/h3-14,17H,15-16,18H2,1-2H3. The largest absolute Gasteiger partial charge is 0.497 e. The van der Waals surface area contributed by atoms with Gasteiger partial charge in [-0.05, 0) is 48.7 Å². The molecule has 3 aromatic carbocycles. The molecule has 0 aliphatic heterocycles. The molecule has 30 heavy (non-hydrogen) atoms.